The van der Waals surface area contributed by atoms with E-state index in [-0.39, 0.29) is 17.7 Å². The summed E-state index contributed by atoms with van der Waals surface area (Å²) in [5, 5.41) is 8.99. The first-order valence-electron chi connectivity index (χ1n) is 5.94. The number of methoxy groups -OCH3 is 1. The third-order valence-electron chi connectivity index (χ3n) is 2.63. The Kier molecular flexibility index (Phi) is 5.68. The second kappa shape index (κ2) is 7.04. The van der Waals surface area contributed by atoms with Crippen molar-refractivity contribution in [3.05, 3.63) is 24.3 Å². The Morgan fingerprint density at radius 2 is 2.10 bits per heavy atom. The molecule has 0 spiro atoms. The lowest BCUT2D eigenvalue weighted by Gasteiger charge is -2.14. The van der Waals surface area contributed by atoms with Crippen molar-refractivity contribution in [2.24, 2.45) is 5.73 Å². The highest BCUT2D eigenvalue weighted by Crippen LogP contribution is 2.17. The van der Waals surface area contributed by atoms with Crippen LogP contribution in [0.5, 0.6) is 5.75 Å². The number of aliphatic carboxylic acids is 1. The predicted octanol–water partition coefficient (Wildman–Crippen LogP) is -0.308. The van der Waals surface area contributed by atoms with Crippen molar-refractivity contribution in [1.29, 1.82) is 0 Å². The summed E-state index contributed by atoms with van der Waals surface area (Å²) >= 11 is 0. The van der Waals surface area contributed by atoms with Crippen LogP contribution in [-0.2, 0) is 19.6 Å². The number of carboxylic acids is 1. The van der Waals surface area contributed by atoms with E-state index in [1.807, 2.05) is 4.72 Å². The summed E-state index contributed by atoms with van der Waals surface area (Å²) in [7, 11) is -2.67. The first-order valence-corrected chi connectivity index (χ1v) is 7.42. The smallest absolute Gasteiger partial charge is 0.321 e. The SMILES string of the molecule is COc1cccc(S(=O)(=O)N[C@@H](CCC(N)=O)C(=O)O)c1. The van der Waals surface area contributed by atoms with Crippen LogP contribution in [0.2, 0.25) is 0 Å². The second-order valence-corrected chi connectivity index (χ2v) is 5.91. The molecule has 0 heterocycles. The lowest BCUT2D eigenvalue weighted by Crippen LogP contribution is -2.41. The quantitative estimate of drug-likeness (QED) is 0.602. The van der Waals surface area contributed by atoms with Gasteiger partial charge in [0.15, 0.2) is 0 Å². The Bertz CT molecular complexity index is 628. The number of nitrogens with two attached hydrogens (primary N) is 1. The molecule has 0 aliphatic heterocycles. The molecule has 0 fully saturated rings. The number of primary amides is 1. The topological polar surface area (TPSA) is 136 Å². The Morgan fingerprint density at radius 1 is 1.43 bits per heavy atom. The first kappa shape index (κ1) is 16.9. The van der Waals surface area contributed by atoms with E-state index in [1.165, 1.54) is 25.3 Å². The van der Waals surface area contributed by atoms with Crippen LogP contribution in [0.15, 0.2) is 29.2 Å². The molecular formula is C12H16N2O6S. The highest BCUT2D eigenvalue weighted by atomic mass is 32.2. The van der Waals surface area contributed by atoms with E-state index in [1.54, 1.807) is 6.07 Å². The Morgan fingerprint density at radius 3 is 2.62 bits per heavy atom. The number of hydrogen-bond acceptors (Lipinski definition) is 5. The van der Waals surface area contributed by atoms with Crippen LogP contribution in [0.3, 0.4) is 0 Å². The van der Waals surface area contributed by atoms with Gasteiger partial charge in [-0.25, -0.2) is 8.42 Å². The zero-order valence-corrected chi connectivity index (χ0v) is 12.1. The maximum Gasteiger partial charge on any atom is 0.321 e. The minimum atomic E-state index is -4.05. The van der Waals surface area contributed by atoms with Crippen LogP contribution in [0.4, 0.5) is 0 Å². The maximum atomic E-state index is 12.1. The van der Waals surface area contributed by atoms with Crippen LogP contribution in [0.1, 0.15) is 12.8 Å². The highest BCUT2D eigenvalue weighted by Gasteiger charge is 2.25. The zero-order valence-electron chi connectivity index (χ0n) is 11.3. The number of hydrogen-bond donors (Lipinski definition) is 3. The van der Waals surface area contributed by atoms with E-state index in [4.69, 9.17) is 15.6 Å². The van der Waals surface area contributed by atoms with Gasteiger partial charge in [-0.15, -0.1) is 0 Å². The molecule has 1 atom stereocenters. The largest absolute Gasteiger partial charge is 0.497 e. The third-order valence-corrected chi connectivity index (χ3v) is 4.10. The fourth-order valence-electron chi connectivity index (χ4n) is 1.54. The third kappa shape index (κ3) is 5.04. The number of sulfonamides is 1. The van der Waals surface area contributed by atoms with E-state index < -0.39 is 27.9 Å². The summed E-state index contributed by atoms with van der Waals surface area (Å²) in [4.78, 5) is 21.6. The normalized spacial score (nSPS) is 12.6. The predicted molar refractivity (Wildman–Crippen MR) is 73.2 cm³/mol. The van der Waals surface area contributed by atoms with Crippen LogP contribution in [0, 0.1) is 0 Å². The van der Waals surface area contributed by atoms with E-state index in [0.29, 0.717) is 5.75 Å². The van der Waals surface area contributed by atoms with Gasteiger partial charge in [0.2, 0.25) is 15.9 Å². The summed E-state index contributed by atoms with van der Waals surface area (Å²) in [5.74, 6) is -1.77. The fourth-order valence-corrected chi connectivity index (χ4v) is 2.80. The van der Waals surface area contributed by atoms with Crippen LogP contribution < -0.4 is 15.2 Å². The molecule has 116 valence electrons. The number of nitrogens with one attached hydrogen (secondary N) is 1. The van der Waals surface area contributed by atoms with Gasteiger partial charge >= 0.3 is 5.97 Å². The molecule has 0 unspecified atom stereocenters. The van der Waals surface area contributed by atoms with Crippen molar-refractivity contribution in [3.8, 4) is 5.75 Å². The average molecular weight is 316 g/mol. The molecule has 1 aromatic carbocycles. The molecule has 21 heavy (non-hydrogen) atoms. The Balaban J connectivity index is 2.94. The molecule has 0 aliphatic carbocycles. The van der Waals surface area contributed by atoms with Crippen molar-refractivity contribution < 1.29 is 27.9 Å². The zero-order chi connectivity index (χ0) is 16.0. The van der Waals surface area contributed by atoms with Crippen molar-refractivity contribution in [3.63, 3.8) is 0 Å². The van der Waals surface area contributed by atoms with Crippen molar-refractivity contribution in [2.75, 3.05) is 7.11 Å². The molecule has 9 heteroatoms. The van der Waals surface area contributed by atoms with E-state index in [0.717, 1.165) is 0 Å². The van der Waals surface area contributed by atoms with Gasteiger partial charge in [-0.2, -0.15) is 4.72 Å². The van der Waals surface area contributed by atoms with Gasteiger partial charge in [-0.05, 0) is 18.6 Å². The molecule has 1 aromatic rings. The summed E-state index contributed by atoms with van der Waals surface area (Å²) in [6.07, 6.45) is -0.467. The summed E-state index contributed by atoms with van der Waals surface area (Å²) in [6.45, 7) is 0. The number of carboxylic acid groups (broad SMARTS) is 1. The number of carbonyl (C=O) groups is 2. The molecule has 0 radical (unpaired) electrons. The van der Waals surface area contributed by atoms with Gasteiger partial charge in [-0.1, -0.05) is 6.07 Å². The minimum Gasteiger partial charge on any atom is -0.497 e. The van der Waals surface area contributed by atoms with E-state index >= 15 is 0 Å². The van der Waals surface area contributed by atoms with Gasteiger partial charge in [-0.3, -0.25) is 9.59 Å². The molecule has 0 bridgehead atoms. The molecular weight excluding hydrogens is 300 g/mol. The van der Waals surface area contributed by atoms with Gasteiger partial charge in [0.25, 0.3) is 0 Å². The molecule has 0 aliphatic rings. The first-order chi connectivity index (χ1) is 9.76. The number of ether oxygens (including phenoxy) is 1. The standard InChI is InChI=1S/C12H16N2O6S/c1-20-8-3-2-4-9(7-8)21(18,19)14-10(12(16)17)5-6-11(13)15/h2-4,7,10,14H,5-6H2,1H3,(H2,13,15)(H,16,17)/t10-/m0/s1. The van der Waals surface area contributed by atoms with Crippen molar-refractivity contribution in [1.82, 2.24) is 4.72 Å². The Hall–Kier alpha value is -2.13. The maximum absolute atomic E-state index is 12.1. The lowest BCUT2D eigenvalue weighted by molar-refractivity contribution is -0.139. The van der Waals surface area contributed by atoms with Crippen LogP contribution >= 0.6 is 0 Å². The van der Waals surface area contributed by atoms with Gasteiger partial charge in [0.05, 0.1) is 12.0 Å². The van der Waals surface area contributed by atoms with Crippen LogP contribution in [0.25, 0.3) is 0 Å². The minimum absolute atomic E-state index is 0.132. The van der Waals surface area contributed by atoms with Crippen LogP contribution in [-0.4, -0.2) is 38.6 Å². The van der Waals surface area contributed by atoms with Crippen molar-refractivity contribution in [2.45, 2.75) is 23.8 Å². The molecule has 0 saturated carbocycles. The molecule has 1 amide bonds. The van der Waals surface area contributed by atoms with Gasteiger partial charge < -0.3 is 15.6 Å². The van der Waals surface area contributed by atoms with Gasteiger partial charge in [0.1, 0.15) is 11.8 Å². The number of amides is 1. The summed E-state index contributed by atoms with van der Waals surface area (Å²) < 4.78 is 31.2. The number of benzene rings is 1. The number of carbonyl (C=O) groups excluding carboxylic acids is 1. The second-order valence-electron chi connectivity index (χ2n) is 4.20. The van der Waals surface area contributed by atoms with E-state index in [9.17, 15) is 18.0 Å². The highest BCUT2D eigenvalue weighted by molar-refractivity contribution is 7.89. The average Bonchev–Trinajstić information content (AvgIpc) is 2.43. The molecule has 8 nitrogen and oxygen atoms in total. The molecule has 0 aromatic heterocycles. The molecule has 0 saturated heterocycles. The summed E-state index contributed by atoms with van der Waals surface area (Å²) in [6, 6.07) is 4.15. The lowest BCUT2D eigenvalue weighted by atomic mass is 10.2. The molecule has 4 N–H and O–H groups in total. The monoisotopic (exact) mass is 316 g/mol. The molecule has 1 rings (SSSR count). The van der Waals surface area contributed by atoms with Gasteiger partial charge in [0, 0.05) is 12.5 Å². The summed E-state index contributed by atoms with van der Waals surface area (Å²) in [5.41, 5.74) is 4.93. The number of rotatable bonds is 8. The fraction of sp³-hybridized carbons (Fsp3) is 0.333. The van der Waals surface area contributed by atoms with Crippen molar-refractivity contribution >= 4 is 21.9 Å². The van der Waals surface area contributed by atoms with E-state index in [2.05, 4.69) is 0 Å². The Labute approximate surface area is 122 Å².